The molecule has 1 N–H and O–H groups in total. The van der Waals surface area contributed by atoms with Gasteiger partial charge in [-0.15, -0.1) is 0 Å². The van der Waals surface area contributed by atoms with Crippen LogP contribution in [-0.4, -0.2) is 69.0 Å². The van der Waals surface area contributed by atoms with Crippen LogP contribution >= 0.6 is 0 Å². The van der Waals surface area contributed by atoms with Gasteiger partial charge in [0, 0.05) is 55.8 Å². The maximum atomic E-state index is 16.2. The standard InChI is InChI=1S/C33H44FN3O5Si/c1-23-31(43(3,4)34)28(21-30(40)36(18-19-38)22-24-12-8-7-9-13-24)42-33(23)26-20-25(15-16-27(26)35(2)32(33)41)37-17-11-6-5-10-14-29(37)39/h7-9,12-13,15-16,20,23,28,31,38H,5-6,10-11,14,17-19,21-22H2,1-4H3/t23-,28+,31-,33+/m1/s1. The molecule has 5 rings (SSSR count). The zero-order valence-corrected chi connectivity index (χ0v) is 26.7. The van der Waals surface area contributed by atoms with Crippen molar-refractivity contribution in [2.24, 2.45) is 5.92 Å². The fraction of sp³-hybridized carbons (Fsp3) is 0.545. The monoisotopic (exact) mass is 609 g/mol. The Balaban J connectivity index is 1.50. The van der Waals surface area contributed by atoms with Gasteiger partial charge in [0.15, 0.2) is 5.60 Å². The molecule has 10 heteroatoms. The number of rotatable bonds is 8. The van der Waals surface area contributed by atoms with Gasteiger partial charge in [-0.2, -0.15) is 0 Å². The highest BCUT2D eigenvalue weighted by Gasteiger charge is 2.66. The average Bonchev–Trinajstić information content (AvgIpc) is 3.37. The minimum Gasteiger partial charge on any atom is -0.395 e. The molecule has 0 aliphatic carbocycles. The summed E-state index contributed by atoms with van der Waals surface area (Å²) >= 11 is 0. The number of hydrogen-bond acceptors (Lipinski definition) is 5. The normalized spacial score (nSPS) is 26.0. The lowest BCUT2D eigenvalue weighted by Crippen LogP contribution is -2.44. The van der Waals surface area contributed by atoms with Gasteiger partial charge in [-0.25, -0.2) is 0 Å². The molecule has 0 unspecified atom stereocenters. The van der Waals surface area contributed by atoms with E-state index in [9.17, 15) is 19.5 Å². The number of amides is 3. The molecule has 0 bridgehead atoms. The second-order valence-corrected chi connectivity index (χ2v) is 16.6. The first-order valence-electron chi connectivity index (χ1n) is 15.5. The fourth-order valence-electron chi connectivity index (χ4n) is 7.46. The molecular weight excluding hydrogens is 565 g/mol. The van der Waals surface area contributed by atoms with Crippen LogP contribution in [-0.2, 0) is 31.3 Å². The molecule has 8 nitrogen and oxygen atoms in total. The summed E-state index contributed by atoms with van der Waals surface area (Å²) in [5.41, 5.74) is 0.864. The number of halogens is 1. The summed E-state index contributed by atoms with van der Waals surface area (Å²) in [6, 6.07) is 15.1. The van der Waals surface area contributed by atoms with Gasteiger partial charge in [0.2, 0.25) is 20.2 Å². The first-order chi connectivity index (χ1) is 20.5. The van der Waals surface area contributed by atoms with Crippen LogP contribution in [0.4, 0.5) is 15.5 Å². The van der Waals surface area contributed by atoms with Crippen molar-refractivity contribution in [2.75, 3.05) is 36.5 Å². The summed E-state index contributed by atoms with van der Waals surface area (Å²) in [5, 5.41) is 9.72. The van der Waals surface area contributed by atoms with Gasteiger partial charge in [0.1, 0.15) is 0 Å². The summed E-state index contributed by atoms with van der Waals surface area (Å²) in [6.45, 7) is 5.95. The van der Waals surface area contributed by atoms with E-state index in [1.807, 2.05) is 55.5 Å². The van der Waals surface area contributed by atoms with Gasteiger partial charge < -0.3 is 28.7 Å². The lowest BCUT2D eigenvalue weighted by Gasteiger charge is -2.31. The Kier molecular flexibility index (Phi) is 9.11. The van der Waals surface area contributed by atoms with Crippen LogP contribution in [0, 0.1) is 5.92 Å². The molecular formula is C33H44FN3O5Si. The molecule has 43 heavy (non-hydrogen) atoms. The number of carbonyl (C=O) groups excluding carboxylic acids is 3. The number of benzene rings is 2. The molecule has 3 aliphatic rings. The predicted octanol–water partition coefficient (Wildman–Crippen LogP) is 5.15. The third-order valence-corrected chi connectivity index (χ3v) is 12.0. The van der Waals surface area contributed by atoms with Gasteiger partial charge >= 0.3 is 0 Å². The zero-order valence-electron chi connectivity index (χ0n) is 25.7. The molecule has 0 saturated carbocycles. The summed E-state index contributed by atoms with van der Waals surface area (Å²) in [7, 11) is -1.76. The number of carbonyl (C=O) groups is 3. The SMILES string of the molecule is C[C@@H]1[C@@H]([Si](C)(C)F)[C@H](CC(=O)N(CCO)Cc2ccccc2)O[C@@]12C(=O)N(C)c1ccc(N3CCCCCCC3=O)cc12. The Morgan fingerprint density at radius 1 is 1.12 bits per heavy atom. The molecule has 2 fully saturated rings. The number of hydrogen-bond donors (Lipinski definition) is 1. The highest BCUT2D eigenvalue weighted by atomic mass is 28.4. The van der Waals surface area contributed by atoms with Gasteiger partial charge in [0.25, 0.3) is 5.91 Å². The third-order valence-electron chi connectivity index (χ3n) is 9.52. The van der Waals surface area contributed by atoms with E-state index < -0.39 is 31.6 Å². The molecule has 3 aliphatic heterocycles. The Morgan fingerprint density at radius 2 is 1.84 bits per heavy atom. The van der Waals surface area contributed by atoms with E-state index in [1.54, 1.807) is 34.8 Å². The minimum atomic E-state index is -3.46. The van der Waals surface area contributed by atoms with Crippen LogP contribution in [0.5, 0.6) is 0 Å². The first-order valence-corrected chi connectivity index (χ1v) is 18.5. The Hall–Kier alpha value is -3.08. The number of anilines is 2. The minimum absolute atomic E-state index is 0.0628. The van der Waals surface area contributed by atoms with Crippen molar-refractivity contribution >= 4 is 37.5 Å². The predicted molar refractivity (Wildman–Crippen MR) is 167 cm³/mol. The fourth-order valence-corrected chi connectivity index (χ4v) is 9.95. The lowest BCUT2D eigenvalue weighted by atomic mass is 9.82. The Labute approximate surface area is 255 Å². The van der Waals surface area contributed by atoms with E-state index in [0.717, 1.165) is 31.2 Å². The largest absolute Gasteiger partial charge is 0.395 e. The van der Waals surface area contributed by atoms with Crippen molar-refractivity contribution in [1.29, 1.82) is 0 Å². The van der Waals surface area contributed by atoms with Crippen LogP contribution in [0.15, 0.2) is 48.5 Å². The smallest absolute Gasteiger partial charge is 0.264 e. The van der Waals surface area contributed by atoms with Crippen molar-refractivity contribution in [3.63, 3.8) is 0 Å². The molecule has 3 heterocycles. The molecule has 0 radical (unpaired) electrons. The molecule has 1 spiro atoms. The van der Waals surface area contributed by atoms with E-state index in [-0.39, 0.29) is 37.3 Å². The summed E-state index contributed by atoms with van der Waals surface area (Å²) in [4.78, 5) is 45.9. The maximum absolute atomic E-state index is 16.2. The van der Waals surface area contributed by atoms with Crippen molar-refractivity contribution in [3.8, 4) is 0 Å². The van der Waals surface area contributed by atoms with Crippen molar-refractivity contribution < 1.29 is 28.3 Å². The van der Waals surface area contributed by atoms with Crippen LogP contribution in [0.2, 0.25) is 18.6 Å². The second-order valence-electron chi connectivity index (χ2n) is 12.8. The van der Waals surface area contributed by atoms with Crippen molar-refractivity contribution in [2.45, 2.75) is 82.3 Å². The number of aliphatic hydroxyl groups is 1. The molecule has 3 amide bonds. The highest BCUT2D eigenvalue weighted by Crippen LogP contribution is 2.60. The molecule has 232 valence electrons. The molecule has 4 atom stereocenters. The summed E-state index contributed by atoms with van der Waals surface area (Å²) in [5.74, 6) is -1.00. The first kappa shape index (κ1) is 31.3. The summed E-state index contributed by atoms with van der Waals surface area (Å²) < 4.78 is 22.9. The number of nitrogens with zero attached hydrogens (tertiary/aromatic N) is 3. The van der Waals surface area contributed by atoms with Crippen LogP contribution < -0.4 is 9.80 Å². The van der Waals surface area contributed by atoms with Crippen molar-refractivity contribution in [1.82, 2.24) is 4.90 Å². The number of likely N-dealkylation sites (N-methyl/N-ethyl adjacent to an activating group) is 1. The molecule has 2 aromatic rings. The van der Waals surface area contributed by atoms with Gasteiger partial charge in [-0.1, -0.05) is 50.1 Å². The topological polar surface area (TPSA) is 90.4 Å². The average molecular weight is 610 g/mol. The zero-order chi connectivity index (χ0) is 30.9. The third kappa shape index (κ3) is 5.89. The van der Waals surface area contributed by atoms with E-state index in [4.69, 9.17) is 4.74 Å². The van der Waals surface area contributed by atoms with Gasteiger partial charge in [-0.05, 0) is 49.7 Å². The van der Waals surface area contributed by atoms with Crippen LogP contribution in [0.25, 0.3) is 0 Å². The quantitative estimate of drug-likeness (QED) is 0.331. The second kappa shape index (κ2) is 12.5. The van der Waals surface area contributed by atoms with E-state index in [2.05, 4.69) is 0 Å². The van der Waals surface area contributed by atoms with Gasteiger partial charge in [0.05, 0.1) is 24.8 Å². The van der Waals surface area contributed by atoms with Gasteiger partial charge in [-0.3, -0.25) is 14.4 Å². The Morgan fingerprint density at radius 3 is 2.53 bits per heavy atom. The maximum Gasteiger partial charge on any atom is 0.264 e. The Bertz CT molecular complexity index is 1350. The van der Waals surface area contributed by atoms with Crippen LogP contribution in [0.3, 0.4) is 0 Å². The molecule has 2 saturated heterocycles. The van der Waals surface area contributed by atoms with Crippen LogP contribution in [0.1, 0.15) is 56.6 Å². The number of ether oxygens (including phenoxy) is 1. The molecule has 0 aromatic heterocycles. The number of fused-ring (bicyclic) bond motifs is 2. The molecule has 2 aromatic carbocycles. The highest BCUT2D eigenvalue weighted by molar-refractivity contribution is 6.72. The number of aliphatic hydroxyl groups excluding tert-OH is 1. The van der Waals surface area contributed by atoms with E-state index in [0.29, 0.717) is 36.4 Å². The lowest BCUT2D eigenvalue weighted by molar-refractivity contribution is -0.149. The van der Waals surface area contributed by atoms with E-state index >= 15 is 4.11 Å². The van der Waals surface area contributed by atoms with Crippen molar-refractivity contribution in [3.05, 3.63) is 59.7 Å². The van der Waals surface area contributed by atoms with E-state index in [1.165, 1.54) is 0 Å². The summed E-state index contributed by atoms with van der Waals surface area (Å²) in [6.07, 6.45) is 3.43.